The van der Waals surface area contributed by atoms with Gasteiger partial charge in [-0.1, -0.05) is 41.0 Å². The van der Waals surface area contributed by atoms with Crippen molar-refractivity contribution in [2.24, 2.45) is 0 Å². The fraction of sp³-hybridized carbons (Fsp3) is 0.211. The molecule has 1 aliphatic rings. The van der Waals surface area contributed by atoms with Crippen molar-refractivity contribution in [2.75, 3.05) is 11.1 Å². The summed E-state index contributed by atoms with van der Waals surface area (Å²) < 4.78 is 15.2. The number of amides is 1. The Morgan fingerprint density at radius 3 is 2.46 bits per heavy atom. The van der Waals surface area contributed by atoms with Crippen LogP contribution in [0.15, 0.2) is 47.6 Å². The van der Waals surface area contributed by atoms with E-state index >= 15 is 0 Å². The summed E-state index contributed by atoms with van der Waals surface area (Å²) in [4.78, 5) is 12.4. The topological polar surface area (TPSA) is 59.8 Å². The molecule has 0 radical (unpaired) electrons. The van der Waals surface area contributed by atoms with E-state index in [0.717, 1.165) is 18.4 Å². The number of anilines is 1. The van der Waals surface area contributed by atoms with Crippen LogP contribution in [-0.4, -0.2) is 26.4 Å². The predicted molar refractivity (Wildman–Crippen MR) is 110 cm³/mol. The number of nitrogens with one attached hydrogen (secondary N) is 1. The molecular weight excluding hydrogens is 422 g/mol. The first-order valence-corrected chi connectivity index (χ1v) is 10.3. The fourth-order valence-corrected chi connectivity index (χ4v) is 4.05. The van der Waals surface area contributed by atoms with Crippen LogP contribution in [-0.2, 0) is 4.79 Å². The normalized spacial score (nSPS) is 13.5. The Kier molecular flexibility index (Phi) is 5.57. The molecule has 1 aromatic heterocycles. The molecule has 1 N–H and O–H groups in total. The highest BCUT2D eigenvalue weighted by Crippen LogP contribution is 2.41. The molecule has 0 atom stereocenters. The van der Waals surface area contributed by atoms with Crippen LogP contribution in [0.1, 0.15) is 18.9 Å². The molecule has 0 spiro atoms. The lowest BCUT2D eigenvalue weighted by molar-refractivity contribution is -0.113. The third-order valence-electron chi connectivity index (χ3n) is 4.24. The Balaban J connectivity index is 1.49. The van der Waals surface area contributed by atoms with Gasteiger partial charge in [-0.2, -0.15) is 0 Å². The molecule has 1 saturated carbocycles. The third kappa shape index (κ3) is 4.16. The first kappa shape index (κ1) is 19.2. The van der Waals surface area contributed by atoms with Crippen LogP contribution in [0, 0.1) is 5.82 Å². The summed E-state index contributed by atoms with van der Waals surface area (Å²) in [7, 11) is 0. The van der Waals surface area contributed by atoms with Crippen molar-refractivity contribution in [1.29, 1.82) is 0 Å². The second-order valence-corrected chi connectivity index (χ2v) is 8.10. The minimum Gasteiger partial charge on any atom is -0.323 e. The molecule has 1 amide bonds. The van der Waals surface area contributed by atoms with Crippen LogP contribution < -0.4 is 5.32 Å². The smallest absolute Gasteiger partial charge is 0.234 e. The van der Waals surface area contributed by atoms with Crippen molar-refractivity contribution in [2.45, 2.75) is 24.0 Å². The van der Waals surface area contributed by atoms with Gasteiger partial charge in [-0.3, -0.25) is 9.36 Å². The molecule has 2 aromatic carbocycles. The Labute approximate surface area is 175 Å². The van der Waals surface area contributed by atoms with Crippen LogP contribution in [0.3, 0.4) is 0 Å². The second-order valence-electron chi connectivity index (χ2n) is 6.35. The third-order valence-corrected chi connectivity index (χ3v) is 5.81. The van der Waals surface area contributed by atoms with E-state index in [2.05, 4.69) is 15.5 Å². The molecule has 4 rings (SSSR count). The molecule has 1 heterocycles. The van der Waals surface area contributed by atoms with E-state index in [1.165, 1.54) is 23.9 Å². The van der Waals surface area contributed by atoms with Gasteiger partial charge in [0.1, 0.15) is 5.82 Å². The lowest BCUT2D eigenvalue weighted by atomic mass is 10.2. The molecule has 1 aliphatic carbocycles. The Hall–Kier alpha value is -2.09. The number of hydrogen-bond donors (Lipinski definition) is 1. The molecule has 1 fully saturated rings. The number of thioether (sulfide) groups is 1. The predicted octanol–water partition coefficient (Wildman–Crippen LogP) is 5.46. The molecule has 0 aliphatic heterocycles. The Morgan fingerprint density at radius 2 is 1.82 bits per heavy atom. The molecule has 28 heavy (non-hydrogen) atoms. The van der Waals surface area contributed by atoms with E-state index in [9.17, 15) is 9.18 Å². The van der Waals surface area contributed by atoms with Crippen molar-refractivity contribution < 1.29 is 9.18 Å². The maximum absolute atomic E-state index is 13.2. The summed E-state index contributed by atoms with van der Waals surface area (Å²) >= 11 is 13.5. The van der Waals surface area contributed by atoms with E-state index in [-0.39, 0.29) is 17.5 Å². The van der Waals surface area contributed by atoms with E-state index in [0.29, 0.717) is 32.8 Å². The number of benzene rings is 2. The number of hydrogen-bond acceptors (Lipinski definition) is 4. The molecule has 144 valence electrons. The highest BCUT2D eigenvalue weighted by molar-refractivity contribution is 7.99. The van der Waals surface area contributed by atoms with Crippen LogP contribution in [0.5, 0.6) is 0 Å². The van der Waals surface area contributed by atoms with E-state index < -0.39 is 0 Å². The largest absolute Gasteiger partial charge is 0.323 e. The summed E-state index contributed by atoms with van der Waals surface area (Å²) in [5.74, 6) is 0.273. The molecule has 5 nitrogen and oxygen atoms in total. The molecule has 0 unspecified atom stereocenters. The zero-order valence-electron chi connectivity index (χ0n) is 14.5. The standard InChI is InChI=1S/C19H15Cl2FN4OS/c20-14-2-1-3-15(21)17(14)23-16(27)10-28-19-25-24-18(26(19)13-8-9-13)11-4-6-12(22)7-5-11/h1-7,13H,8-10H2,(H,23,27). The summed E-state index contributed by atoms with van der Waals surface area (Å²) in [6.45, 7) is 0. The SMILES string of the molecule is O=C(CSc1nnc(-c2ccc(F)cc2)n1C1CC1)Nc1c(Cl)cccc1Cl. The molecule has 0 bridgehead atoms. The van der Waals surface area contributed by atoms with Gasteiger partial charge in [0.25, 0.3) is 0 Å². The number of para-hydroxylation sites is 1. The van der Waals surface area contributed by atoms with Gasteiger partial charge < -0.3 is 5.32 Å². The summed E-state index contributed by atoms with van der Waals surface area (Å²) in [6, 6.07) is 11.5. The van der Waals surface area contributed by atoms with Crippen molar-refractivity contribution >= 4 is 46.6 Å². The number of carbonyl (C=O) groups is 1. The monoisotopic (exact) mass is 436 g/mol. The van der Waals surface area contributed by atoms with Gasteiger partial charge in [0.2, 0.25) is 5.91 Å². The van der Waals surface area contributed by atoms with Crippen LogP contribution in [0.25, 0.3) is 11.4 Å². The van der Waals surface area contributed by atoms with E-state index in [4.69, 9.17) is 23.2 Å². The Bertz CT molecular complexity index is 1000. The molecular formula is C19H15Cl2FN4OS. The zero-order valence-corrected chi connectivity index (χ0v) is 16.9. The minimum atomic E-state index is -0.300. The van der Waals surface area contributed by atoms with Crippen molar-refractivity contribution in [3.05, 3.63) is 58.3 Å². The first-order valence-electron chi connectivity index (χ1n) is 8.60. The van der Waals surface area contributed by atoms with E-state index in [1.54, 1.807) is 30.3 Å². The van der Waals surface area contributed by atoms with Crippen molar-refractivity contribution in [3.8, 4) is 11.4 Å². The number of halogens is 3. The van der Waals surface area contributed by atoms with Crippen molar-refractivity contribution in [3.63, 3.8) is 0 Å². The maximum atomic E-state index is 13.2. The number of aromatic nitrogens is 3. The number of rotatable bonds is 6. The number of carbonyl (C=O) groups excluding carboxylic acids is 1. The van der Waals surface area contributed by atoms with Crippen LogP contribution >= 0.6 is 35.0 Å². The lowest BCUT2D eigenvalue weighted by Crippen LogP contribution is -2.15. The van der Waals surface area contributed by atoms with Gasteiger partial charge in [0.05, 0.1) is 21.5 Å². The minimum absolute atomic E-state index is 0.135. The van der Waals surface area contributed by atoms with E-state index in [1.807, 2.05) is 4.57 Å². The maximum Gasteiger partial charge on any atom is 0.234 e. The highest BCUT2D eigenvalue weighted by atomic mass is 35.5. The van der Waals surface area contributed by atoms with Gasteiger partial charge in [-0.15, -0.1) is 10.2 Å². The van der Waals surface area contributed by atoms with Gasteiger partial charge in [0.15, 0.2) is 11.0 Å². The Morgan fingerprint density at radius 1 is 1.14 bits per heavy atom. The van der Waals surface area contributed by atoms with Gasteiger partial charge >= 0.3 is 0 Å². The lowest BCUT2D eigenvalue weighted by Gasteiger charge is -2.10. The summed E-state index contributed by atoms with van der Waals surface area (Å²) in [6.07, 6.45) is 2.06. The molecule has 3 aromatic rings. The molecule has 9 heteroatoms. The average molecular weight is 437 g/mol. The first-order chi connectivity index (χ1) is 13.5. The fourth-order valence-electron chi connectivity index (χ4n) is 2.76. The quantitative estimate of drug-likeness (QED) is 0.521. The second kappa shape index (κ2) is 8.11. The average Bonchev–Trinajstić information content (AvgIpc) is 3.43. The summed E-state index contributed by atoms with van der Waals surface area (Å²) in [5.41, 5.74) is 1.19. The van der Waals surface area contributed by atoms with Gasteiger partial charge in [-0.05, 0) is 49.2 Å². The summed E-state index contributed by atoms with van der Waals surface area (Å²) in [5, 5.41) is 12.7. The van der Waals surface area contributed by atoms with Gasteiger partial charge in [0, 0.05) is 11.6 Å². The van der Waals surface area contributed by atoms with Crippen LogP contribution in [0.4, 0.5) is 10.1 Å². The highest BCUT2D eigenvalue weighted by Gasteiger charge is 2.30. The van der Waals surface area contributed by atoms with Crippen molar-refractivity contribution in [1.82, 2.24) is 14.8 Å². The number of nitrogens with zero attached hydrogens (tertiary/aromatic N) is 3. The zero-order chi connectivity index (χ0) is 19.7. The van der Waals surface area contributed by atoms with Gasteiger partial charge in [-0.25, -0.2) is 4.39 Å². The molecule has 0 saturated heterocycles. The van der Waals surface area contributed by atoms with Crippen LogP contribution in [0.2, 0.25) is 10.0 Å².